The van der Waals surface area contributed by atoms with Crippen molar-refractivity contribution in [1.29, 1.82) is 0 Å². The number of carbonyl (C=O) groups excluding carboxylic acids is 1. The number of ether oxygens (including phenoxy) is 1. The molecule has 0 N–H and O–H groups in total. The van der Waals surface area contributed by atoms with Crippen molar-refractivity contribution < 1.29 is 9.53 Å². The second-order valence-corrected chi connectivity index (χ2v) is 8.45. The van der Waals surface area contributed by atoms with Crippen molar-refractivity contribution in [3.05, 3.63) is 65.2 Å². The molecular weight excluding hydrogens is 410 g/mol. The highest BCUT2D eigenvalue weighted by atomic mass is 35.5. The Labute approximate surface area is 188 Å². The molecule has 1 amide bonds. The van der Waals surface area contributed by atoms with Crippen LogP contribution in [0.5, 0.6) is 11.6 Å². The van der Waals surface area contributed by atoms with Crippen molar-refractivity contribution in [2.24, 2.45) is 13.0 Å². The fourth-order valence-corrected chi connectivity index (χ4v) is 4.10. The lowest BCUT2D eigenvalue weighted by atomic mass is 9.84. The van der Waals surface area contributed by atoms with Crippen LogP contribution in [0, 0.1) is 5.92 Å². The highest BCUT2D eigenvalue weighted by Gasteiger charge is 2.31. The maximum Gasteiger partial charge on any atom is 0.225 e. The van der Waals surface area contributed by atoms with E-state index < -0.39 is 0 Å². The van der Waals surface area contributed by atoms with Crippen LogP contribution in [0.25, 0.3) is 11.3 Å². The van der Waals surface area contributed by atoms with Gasteiger partial charge in [-0.15, -0.1) is 0 Å². The summed E-state index contributed by atoms with van der Waals surface area (Å²) in [6, 6.07) is 17.4. The standard InChI is InChI=1S/C25H28ClN3O2/c1-3-16-29(24(30)19-12-9-13-19)17-20-23(18-10-5-4-6-11-18)27-28(2)25(20)31-22-15-8-7-14-21(22)26/h4-8,10-11,14-15,19H,3,9,12-13,16-17H2,1-2H3. The quantitative estimate of drug-likeness (QED) is 0.429. The van der Waals surface area contributed by atoms with E-state index in [0.717, 1.165) is 42.5 Å². The molecule has 4 rings (SSSR count). The lowest BCUT2D eigenvalue weighted by Crippen LogP contribution is -2.39. The van der Waals surface area contributed by atoms with Crippen LogP contribution in [-0.2, 0) is 18.4 Å². The van der Waals surface area contributed by atoms with Gasteiger partial charge in [0.05, 0.1) is 17.1 Å². The van der Waals surface area contributed by atoms with E-state index in [2.05, 4.69) is 6.92 Å². The maximum atomic E-state index is 13.1. The summed E-state index contributed by atoms with van der Waals surface area (Å²) >= 11 is 6.36. The van der Waals surface area contributed by atoms with Gasteiger partial charge in [0.1, 0.15) is 11.4 Å². The van der Waals surface area contributed by atoms with E-state index in [1.165, 1.54) is 0 Å². The Kier molecular flexibility index (Phi) is 6.62. The van der Waals surface area contributed by atoms with Crippen LogP contribution < -0.4 is 4.74 Å². The van der Waals surface area contributed by atoms with Crippen molar-refractivity contribution in [1.82, 2.24) is 14.7 Å². The number of benzene rings is 2. The number of para-hydroxylation sites is 1. The summed E-state index contributed by atoms with van der Waals surface area (Å²) in [6.45, 7) is 3.27. The average Bonchev–Trinajstić information content (AvgIpc) is 3.04. The highest BCUT2D eigenvalue weighted by molar-refractivity contribution is 6.32. The molecule has 31 heavy (non-hydrogen) atoms. The van der Waals surface area contributed by atoms with Gasteiger partial charge in [0.25, 0.3) is 0 Å². The third kappa shape index (κ3) is 4.62. The van der Waals surface area contributed by atoms with Crippen LogP contribution in [0.4, 0.5) is 0 Å². The predicted octanol–water partition coefficient (Wildman–Crippen LogP) is 6.07. The Balaban J connectivity index is 1.75. The van der Waals surface area contributed by atoms with Crippen molar-refractivity contribution in [3.8, 4) is 22.9 Å². The Morgan fingerprint density at radius 3 is 2.52 bits per heavy atom. The molecule has 0 radical (unpaired) electrons. The molecule has 0 spiro atoms. The van der Waals surface area contributed by atoms with E-state index in [4.69, 9.17) is 21.4 Å². The molecule has 0 bridgehead atoms. The van der Waals surface area contributed by atoms with E-state index in [0.29, 0.717) is 29.7 Å². The summed E-state index contributed by atoms with van der Waals surface area (Å²) < 4.78 is 8.00. The van der Waals surface area contributed by atoms with Gasteiger partial charge in [-0.2, -0.15) is 5.10 Å². The molecule has 0 saturated heterocycles. The van der Waals surface area contributed by atoms with Gasteiger partial charge in [-0.1, -0.05) is 67.4 Å². The molecular formula is C25H28ClN3O2. The summed E-state index contributed by atoms with van der Waals surface area (Å²) in [5, 5.41) is 5.30. The highest BCUT2D eigenvalue weighted by Crippen LogP contribution is 2.37. The molecule has 1 saturated carbocycles. The minimum Gasteiger partial charge on any atom is -0.437 e. The van der Waals surface area contributed by atoms with Crippen molar-refractivity contribution in [3.63, 3.8) is 0 Å². The van der Waals surface area contributed by atoms with E-state index >= 15 is 0 Å². The Bertz CT molecular complexity index is 1040. The molecule has 5 nitrogen and oxygen atoms in total. The average molecular weight is 438 g/mol. The zero-order valence-electron chi connectivity index (χ0n) is 18.1. The lowest BCUT2D eigenvalue weighted by Gasteiger charge is -2.31. The zero-order chi connectivity index (χ0) is 21.8. The summed E-state index contributed by atoms with van der Waals surface area (Å²) in [5.74, 6) is 1.56. The van der Waals surface area contributed by atoms with Crippen LogP contribution in [-0.4, -0.2) is 27.1 Å². The fraction of sp³-hybridized carbons (Fsp3) is 0.360. The number of rotatable bonds is 8. The molecule has 2 aromatic carbocycles. The molecule has 1 fully saturated rings. The molecule has 0 aliphatic heterocycles. The number of halogens is 1. The molecule has 6 heteroatoms. The first-order valence-corrected chi connectivity index (χ1v) is 11.3. The molecule has 0 atom stereocenters. The molecule has 1 aromatic heterocycles. The first-order chi connectivity index (χ1) is 15.1. The van der Waals surface area contributed by atoms with Crippen molar-refractivity contribution >= 4 is 17.5 Å². The van der Waals surface area contributed by atoms with E-state index in [9.17, 15) is 4.79 Å². The van der Waals surface area contributed by atoms with E-state index in [-0.39, 0.29) is 11.8 Å². The monoisotopic (exact) mass is 437 g/mol. The molecule has 1 aliphatic rings. The zero-order valence-corrected chi connectivity index (χ0v) is 18.8. The second kappa shape index (κ2) is 9.56. The third-order valence-electron chi connectivity index (χ3n) is 5.79. The summed E-state index contributed by atoms with van der Waals surface area (Å²) in [6.07, 6.45) is 4.01. The normalized spacial score (nSPS) is 13.6. The van der Waals surface area contributed by atoms with E-state index in [1.54, 1.807) is 10.7 Å². The first-order valence-electron chi connectivity index (χ1n) is 10.9. The number of hydrogen-bond acceptors (Lipinski definition) is 3. The van der Waals surface area contributed by atoms with Crippen LogP contribution in [0.2, 0.25) is 5.02 Å². The Morgan fingerprint density at radius 2 is 1.87 bits per heavy atom. The molecule has 3 aromatic rings. The van der Waals surface area contributed by atoms with Crippen LogP contribution in [0.15, 0.2) is 54.6 Å². The number of aromatic nitrogens is 2. The third-order valence-corrected chi connectivity index (χ3v) is 6.10. The number of hydrogen-bond donors (Lipinski definition) is 0. The maximum absolute atomic E-state index is 13.1. The van der Waals surface area contributed by atoms with Gasteiger partial charge < -0.3 is 9.64 Å². The van der Waals surface area contributed by atoms with Gasteiger partial charge >= 0.3 is 0 Å². The van der Waals surface area contributed by atoms with Crippen LogP contribution in [0.3, 0.4) is 0 Å². The van der Waals surface area contributed by atoms with Crippen molar-refractivity contribution in [2.75, 3.05) is 6.54 Å². The molecule has 1 heterocycles. The SMILES string of the molecule is CCCN(Cc1c(-c2ccccc2)nn(C)c1Oc1ccccc1Cl)C(=O)C1CCC1. The topological polar surface area (TPSA) is 47.4 Å². The molecule has 162 valence electrons. The predicted molar refractivity (Wildman–Crippen MR) is 123 cm³/mol. The first kappa shape index (κ1) is 21.4. The number of carbonyl (C=O) groups is 1. The van der Waals surface area contributed by atoms with Gasteiger partial charge in [0, 0.05) is 25.1 Å². The summed E-state index contributed by atoms with van der Waals surface area (Å²) in [4.78, 5) is 15.1. The van der Waals surface area contributed by atoms with Gasteiger partial charge in [-0.3, -0.25) is 4.79 Å². The van der Waals surface area contributed by atoms with Gasteiger partial charge in [0.2, 0.25) is 11.8 Å². The lowest BCUT2D eigenvalue weighted by molar-refractivity contribution is -0.138. The Morgan fingerprint density at radius 1 is 1.16 bits per heavy atom. The number of amides is 1. The summed E-state index contributed by atoms with van der Waals surface area (Å²) in [5.41, 5.74) is 2.72. The van der Waals surface area contributed by atoms with Gasteiger partial charge in [-0.25, -0.2) is 4.68 Å². The largest absolute Gasteiger partial charge is 0.437 e. The summed E-state index contributed by atoms with van der Waals surface area (Å²) in [7, 11) is 1.86. The fourth-order valence-electron chi connectivity index (χ4n) is 3.92. The number of nitrogens with zero attached hydrogens (tertiary/aromatic N) is 3. The Hall–Kier alpha value is -2.79. The number of aryl methyl sites for hydroxylation is 1. The minimum absolute atomic E-state index is 0.149. The minimum atomic E-state index is 0.149. The second-order valence-electron chi connectivity index (χ2n) is 8.04. The smallest absolute Gasteiger partial charge is 0.225 e. The van der Waals surface area contributed by atoms with Crippen LogP contribution >= 0.6 is 11.6 Å². The van der Waals surface area contributed by atoms with Gasteiger partial charge in [0.15, 0.2) is 0 Å². The van der Waals surface area contributed by atoms with Gasteiger partial charge in [-0.05, 0) is 31.4 Å². The molecule has 0 unspecified atom stereocenters. The van der Waals surface area contributed by atoms with Crippen molar-refractivity contribution in [2.45, 2.75) is 39.2 Å². The van der Waals surface area contributed by atoms with Crippen LogP contribution in [0.1, 0.15) is 38.2 Å². The van der Waals surface area contributed by atoms with E-state index in [1.807, 2.05) is 60.5 Å². The molecule has 1 aliphatic carbocycles.